The standard InChI is InChI=1S/C11H12O6/c1-15-10(13)7-6-4-3-5(12)9(17-6)8(7)11(14)16-2/h3-4,6-9H,1-2H3/t6-,7+,8-,9+/m0/s1. The number of hydrogen-bond acceptors (Lipinski definition) is 6. The molecule has 0 N–H and O–H groups in total. The molecule has 0 unspecified atom stereocenters. The maximum absolute atomic E-state index is 11.6. The fourth-order valence-electron chi connectivity index (χ4n) is 2.25. The average molecular weight is 240 g/mol. The van der Waals surface area contributed by atoms with Gasteiger partial charge in [0.1, 0.15) is 17.9 Å². The van der Waals surface area contributed by atoms with Crippen molar-refractivity contribution < 1.29 is 28.6 Å². The van der Waals surface area contributed by atoms with Crippen LogP contribution in [-0.2, 0) is 28.6 Å². The van der Waals surface area contributed by atoms with Crippen LogP contribution >= 0.6 is 0 Å². The van der Waals surface area contributed by atoms with Crippen molar-refractivity contribution in [2.45, 2.75) is 12.2 Å². The van der Waals surface area contributed by atoms with E-state index in [2.05, 4.69) is 9.47 Å². The van der Waals surface area contributed by atoms with E-state index in [0.29, 0.717) is 0 Å². The van der Waals surface area contributed by atoms with Gasteiger partial charge in [-0.1, -0.05) is 6.08 Å². The third-order valence-corrected chi connectivity index (χ3v) is 3.05. The molecule has 92 valence electrons. The monoisotopic (exact) mass is 240 g/mol. The molecule has 1 fully saturated rings. The van der Waals surface area contributed by atoms with E-state index < -0.39 is 36.0 Å². The van der Waals surface area contributed by atoms with E-state index in [1.807, 2.05) is 0 Å². The Hall–Kier alpha value is -1.69. The summed E-state index contributed by atoms with van der Waals surface area (Å²) in [6.07, 6.45) is 1.26. The van der Waals surface area contributed by atoms with Crippen LogP contribution in [0.25, 0.3) is 0 Å². The highest BCUT2D eigenvalue weighted by atomic mass is 16.6. The molecule has 1 saturated heterocycles. The predicted octanol–water partition coefficient (Wildman–Crippen LogP) is -0.529. The SMILES string of the molecule is COC(=O)[C@H]1[C@H](C(=O)OC)[C@@H]2O[C@H]1C=CC2=O. The fraction of sp³-hybridized carbons (Fsp3) is 0.545. The quantitative estimate of drug-likeness (QED) is 0.604. The van der Waals surface area contributed by atoms with Gasteiger partial charge >= 0.3 is 11.9 Å². The van der Waals surface area contributed by atoms with Crippen molar-refractivity contribution in [2.75, 3.05) is 14.2 Å². The number of esters is 2. The smallest absolute Gasteiger partial charge is 0.312 e. The van der Waals surface area contributed by atoms with Crippen molar-refractivity contribution >= 4 is 17.7 Å². The average Bonchev–Trinajstić information content (AvgIpc) is 2.67. The third-order valence-electron chi connectivity index (χ3n) is 3.05. The second-order valence-electron chi connectivity index (χ2n) is 3.88. The lowest BCUT2D eigenvalue weighted by atomic mass is 9.87. The fourth-order valence-corrected chi connectivity index (χ4v) is 2.25. The first-order valence-corrected chi connectivity index (χ1v) is 5.13. The van der Waals surface area contributed by atoms with Crippen LogP contribution in [-0.4, -0.2) is 44.1 Å². The van der Waals surface area contributed by atoms with Crippen LogP contribution in [0.1, 0.15) is 0 Å². The topological polar surface area (TPSA) is 78.9 Å². The van der Waals surface area contributed by atoms with E-state index in [1.54, 1.807) is 0 Å². The van der Waals surface area contributed by atoms with Crippen molar-refractivity contribution in [3.05, 3.63) is 12.2 Å². The number of methoxy groups -OCH3 is 2. The zero-order chi connectivity index (χ0) is 12.6. The largest absolute Gasteiger partial charge is 0.469 e. The molecule has 17 heavy (non-hydrogen) atoms. The highest BCUT2D eigenvalue weighted by molar-refractivity contribution is 6.00. The lowest BCUT2D eigenvalue weighted by Crippen LogP contribution is -2.37. The molecule has 0 aromatic carbocycles. The Balaban J connectivity index is 2.35. The molecule has 0 spiro atoms. The summed E-state index contributed by atoms with van der Waals surface area (Å²) in [5.41, 5.74) is 0. The minimum Gasteiger partial charge on any atom is -0.469 e. The van der Waals surface area contributed by atoms with Crippen LogP contribution < -0.4 is 0 Å². The minimum absolute atomic E-state index is 0.331. The van der Waals surface area contributed by atoms with E-state index in [0.717, 1.165) is 0 Å². The Morgan fingerprint density at radius 2 is 1.76 bits per heavy atom. The van der Waals surface area contributed by atoms with Gasteiger partial charge in [0.2, 0.25) is 0 Å². The Kier molecular flexibility index (Phi) is 2.97. The summed E-state index contributed by atoms with van der Waals surface area (Å²) in [4.78, 5) is 34.8. The van der Waals surface area contributed by atoms with Crippen LogP contribution in [0, 0.1) is 11.8 Å². The van der Waals surface area contributed by atoms with Crippen molar-refractivity contribution in [1.29, 1.82) is 0 Å². The van der Waals surface area contributed by atoms with Gasteiger partial charge in [-0.3, -0.25) is 14.4 Å². The van der Waals surface area contributed by atoms with Gasteiger partial charge in [-0.15, -0.1) is 0 Å². The first-order valence-electron chi connectivity index (χ1n) is 5.13. The number of hydrogen-bond donors (Lipinski definition) is 0. The number of carbonyl (C=O) groups is 3. The van der Waals surface area contributed by atoms with Gasteiger partial charge < -0.3 is 14.2 Å². The molecule has 2 aliphatic heterocycles. The Bertz CT molecular complexity index is 399. The van der Waals surface area contributed by atoms with Crippen LogP contribution in [0.15, 0.2) is 12.2 Å². The molecule has 2 heterocycles. The minimum atomic E-state index is -0.943. The summed E-state index contributed by atoms with van der Waals surface area (Å²) < 4.78 is 14.6. The second-order valence-corrected chi connectivity index (χ2v) is 3.88. The lowest BCUT2D eigenvalue weighted by molar-refractivity contribution is -0.157. The van der Waals surface area contributed by atoms with E-state index in [1.165, 1.54) is 26.4 Å². The van der Waals surface area contributed by atoms with E-state index >= 15 is 0 Å². The Morgan fingerprint density at radius 3 is 2.35 bits per heavy atom. The van der Waals surface area contributed by atoms with Gasteiger partial charge in [0.05, 0.1) is 20.3 Å². The molecule has 0 amide bonds. The van der Waals surface area contributed by atoms with Crippen molar-refractivity contribution in [3.63, 3.8) is 0 Å². The van der Waals surface area contributed by atoms with Crippen molar-refractivity contribution in [2.24, 2.45) is 11.8 Å². The van der Waals surface area contributed by atoms with Crippen molar-refractivity contribution in [1.82, 2.24) is 0 Å². The lowest BCUT2D eigenvalue weighted by Gasteiger charge is -2.16. The molecule has 2 aliphatic rings. The van der Waals surface area contributed by atoms with Gasteiger partial charge in [-0.25, -0.2) is 0 Å². The predicted molar refractivity (Wildman–Crippen MR) is 53.8 cm³/mol. The molecule has 0 radical (unpaired) electrons. The van der Waals surface area contributed by atoms with Crippen LogP contribution in [0.3, 0.4) is 0 Å². The molecule has 4 atom stereocenters. The number of rotatable bonds is 2. The summed E-state index contributed by atoms with van der Waals surface area (Å²) in [5.74, 6) is -3.29. The van der Waals surface area contributed by atoms with Crippen LogP contribution in [0.5, 0.6) is 0 Å². The van der Waals surface area contributed by atoms with Gasteiger partial charge in [0.15, 0.2) is 5.78 Å². The normalized spacial score (nSPS) is 34.6. The molecule has 0 aromatic rings. The Morgan fingerprint density at radius 1 is 1.18 bits per heavy atom. The molecule has 0 aromatic heterocycles. The van der Waals surface area contributed by atoms with Gasteiger partial charge in [0.25, 0.3) is 0 Å². The first kappa shape index (κ1) is 11.8. The van der Waals surface area contributed by atoms with Gasteiger partial charge in [-0.05, 0) is 6.08 Å². The molecule has 0 saturated carbocycles. The molecular weight excluding hydrogens is 228 g/mol. The molecule has 2 bridgehead atoms. The van der Waals surface area contributed by atoms with Gasteiger partial charge in [0, 0.05) is 0 Å². The highest BCUT2D eigenvalue weighted by Crippen LogP contribution is 2.38. The maximum atomic E-state index is 11.6. The number of carbonyl (C=O) groups excluding carboxylic acids is 3. The van der Waals surface area contributed by atoms with Crippen molar-refractivity contribution in [3.8, 4) is 0 Å². The molecular formula is C11H12O6. The summed E-state index contributed by atoms with van der Waals surface area (Å²) in [5, 5.41) is 0. The molecule has 0 aliphatic carbocycles. The van der Waals surface area contributed by atoms with E-state index in [4.69, 9.17) is 4.74 Å². The maximum Gasteiger partial charge on any atom is 0.312 e. The molecule has 6 heteroatoms. The Labute approximate surface area is 97.5 Å². The molecule has 2 rings (SSSR count). The second kappa shape index (κ2) is 4.29. The zero-order valence-electron chi connectivity index (χ0n) is 9.41. The number of ether oxygens (including phenoxy) is 3. The summed E-state index contributed by atoms with van der Waals surface area (Å²) in [6.45, 7) is 0. The highest BCUT2D eigenvalue weighted by Gasteiger charge is 2.56. The van der Waals surface area contributed by atoms with Crippen LogP contribution in [0.4, 0.5) is 0 Å². The summed E-state index contributed by atoms with van der Waals surface area (Å²) in [7, 11) is 2.43. The van der Waals surface area contributed by atoms with Gasteiger partial charge in [-0.2, -0.15) is 0 Å². The summed E-state index contributed by atoms with van der Waals surface area (Å²) in [6, 6.07) is 0. The van der Waals surface area contributed by atoms with E-state index in [-0.39, 0.29) is 5.78 Å². The summed E-state index contributed by atoms with van der Waals surface area (Å²) >= 11 is 0. The van der Waals surface area contributed by atoms with E-state index in [9.17, 15) is 14.4 Å². The number of fused-ring (bicyclic) bond motifs is 2. The first-order chi connectivity index (χ1) is 8.10. The van der Waals surface area contributed by atoms with Crippen LogP contribution in [0.2, 0.25) is 0 Å². The third kappa shape index (κ3) is 1.74. The zero-order valence-corrected chi connectivity index (χ0v) is 9.41. The number of ketones is 1. The molecule has 6 nitrogen and oxygen atoms in total.